The number of sulfone groups is 1. The molecule has 1 heterocycles. The van der Waals surface area contributed by atoms with Crippen LogP contribution in [0.5, 0.6) is 0 Å². The van der Waals surface area contributed by atoms with Crippen LogP contribution in [-0.2, 0) is 14.6 Å². The number of hydrogen-bond acceptors (Lipinski definition) is 4. The van der Waals surface area contributed by atoms with Crippen molar-refractivity contribution in [2.75, 3.05) is 6.54 Å². The van der Waals surface area contributed by atoms with Crippen molar-refractivity contribution in [3.63, 3.8) is 0 Å². The molecular formula is C16H19NO4S. The molecule has 0 unspecified atom stereocenters. The van der Waals surface area contributed by atoms with E-state index < -0.39 is 15.1 Å². The molecule has 0 spiro atoms. The minimum Gasteiger partial charge on any atom is -0.468 e. The maximum absolute atomic E-state index is 12.8. The molecule has 1 aromatic heterocycles. The molecule has 0 aliphatic rings. The predicted molar refractivity (Wildman–Crippen MR) is 82.9 cm³/mol. The number of rotatable bonds is 6. The summed E-state index contributed by atoms with van der Waals surface area (Å²) in [7, 11) is -3.65. The van der Waals surface area contributed by atoms with Gasteiger partial charge in [-0.1, -0.05) is 32.0 Å². The summed E-state index contributed by atoms with van der Waals surface area (Å²) >= 11 is 0. The number of benzene rings is 1. The zero-order valence-corrected chi connectivity index (χ0v) is 13.3. The lowest BCUT2D eigenvalue weighted by Gasteiger charge is -2.17. The van der Waals surface area contributed by atoms with E-state index in [4.69, 9.17) is 4.42 Å². The minimum absolute atomic E-state index is 0.0260. The van der Waals surface area contributed by atoms with Crippen LogP contribution < -0.4 is 5.32 Å². The highest BCUT2D eigenvalue weighted by Crippen LogP contribution is 2.28. The number of amides is 1. The molecule has 0 saturated heterocycles. The van der Waals surface area contributed by atoms with Crippen molar-refractivity contribution in [1.29, 1.82) is 0 Å². The topological polar surface area (TPSA) is 76.4 Å². The number of nitrogens with one attached hydrogen (secondary N) is 1. The summed E-state index contributed by atoms with van der Waals surface area (Å²) in [6, 6.07) is 11.4. The van der Waals surface area contributed by atoms with Crippen molar-refractivity contribution in [3.8, 4) is 0 Å². The van der Waals surface area contributed by atoms with Gasteiger partial charge in [0.1, 0.15) is 11.0 Å². The van der Waals surface area contributed by atoms with Crippen LogP contribution in [0.3, 0.4) is 0 Å². The zero-order valence-electron chi connectivity index (χ0n) is 12.5. The van der Waals surface area contributed by atoms with Gasteiger partial charge in [0.2, 0.25) is 5.91 Å². The number of furan rings is 1. The Morgan fingerprint density at radius 1 is 1.14 bits per heavy atom. The summed E-state index contributed by atoms with van der Waals surface area (Å²) in [6.45, 7) is 3.48. The normalized spacial score (nSPS) is 13.0. The lowest BCUT2D eigenvalue weighted by Crippen LogP contribution is -2.34. The molecule has 5 nitrogen and oxygen atoms in total. The molecule has 6 heteroatoms. The van der Waals surface area contributed by atoms with Crippen LogP contribution in [-0.4, -0.2) is 20.9 Å². The van der Waals surface area contributed by atoms with Gasteiger partial charge in [0, 0.05) is 12.5 Å². The summed E-state index contributed by atoms with van der Waals surface area (Å²) in [5, 5.41) is 1.72. The first-order chi connectivity index (χ1) is 10.4. The lowest BCUT2D eigenvalue weighted by molar-refractivity contribution is -0.123. The quantitative estimate of drug-likeness (QED) is 0.887. The Balaban J connectivity index is 2.31. The average molecular weight is 321 g/mol. The van der Waals surface area contributed by atoms with Gasteiger partial charge < -0.3 is 9.73 Å². The molecule has 1 amide bonds. The maximum Gasteiger partial charge on any atom is 0.222 e. The fourth-order valence-corrected chi connectivity index (χ4v) is 3.62. The molecule has 0 aliphatic heterocycles. The van der Waals surface area contributed by atoms with E-state index in [1.807, 2.05) is 0 Å². The van der Waals surface area contributed by atoms with Crippen molar-refractivity contribution in [2.45, 2.75) is 24.0 Å². The molecule has 0 fully saturated rings. The molecule has 2 aromatic rings. The fourth-order valence-electron chi connectivity index (χ4n) is 2.01. The second-order valence-corrected chi connectivity index (χ2v) is 7.39. The summed E-state index contributed by atoms with van der Waals surface area (Å²) < 4.78 is 30.9. The van der Waals surface area contributed by atoms with Crippen LogP contribution in [0, 0.1) is 5.92 Å². The van der Waals surface area contributed by atoms with E-state index in [-0.39, 0.29) is 23.3 Å². The molecule has 1 atom stereocenters. The molecule has 0 saturated carbocycles. The molecule has 0 bridgehead atoms. The Morgan fingerprint density at radius 2 is 1.82 bits per heavy atom. The third kappa shape index (κ3) is 3.57. The SMILES string of the molecule is CC(C)C(=O)NC[C@@H](c1ccco1)S(=O)(=O)c1ccccc1. The van der Waals surface area contributed by atoms with Crippen molar-refractivity contribution in [3.05, 3.63) is 54.5 Å². The van der Waals surface area contributed by atoms with Gasteiger partial charge in [0.05, 0.1) is 11.2 Å². The molecule has 2 rings (SSSR count). The molecular weight excluding hydrogens is 302 g/mol. The fraction of sp³-hybridized carbons (Fsp3) is 0.312. The summed E-state index contributed by atoms with van der Waals surface area (Å²) in [5.74, 6) is -0.0931. The van der Waals surface area contributed by atoms with Gasteiger partial charge in [-0.25, -0.2) is 8.42 Å². The smallest absolute Gasteiger partial charge is 0.222 e. The van der Waals surface area contributed by atoms with Crippen molar-refractivity contribution in [1.82, 2.24) is 5.32 Å². The second kappa shape index (κ2) is 6.79. The van der Waals surface area contributed by atoms with E-state index in [1.54, 1.807) is 44.2 Å². The van der Waals surface area contributed by atoms with Gasteiger partial charge in [-0.2, -0.15) is 0 Å². The Bertz CT molecular complexity index is 706. The molecule has 0 aliphatic carbocycles. The van der Waals surface area contributed by atoms with Gasteiger partial charge in [0.15, 0.2) is 9.84 Å². The second-order valence-electron chi connectivity index (χ2n) is 5.26. The van der Waals surface area contributed by atoms with Gasteiger partial charge >= 0.3 is 0 Å². The number of hydrogen-bond donors (Lipinski definition) is 1. The first-order valence-corrected chi connectivity index (χ1v) is 8.57. The van der Waals surface area contributed by atoms with E-state index in [0.29, 0.717) is 5.76 Å². The van der Waals surface area contributed by atoms with Crippen LogP contribution in [0.2, 0.25) is 0 Å². The first-order valence-electron chi connectivity index (χ1n) is 7.03. The van der Waals surface area contributed by atoms with E-state index in [1.165, 1.54) is 18.4 Å². The van der Waals surface area contributed by atoms with Gasteiger partial charge in [0.25, 0.3) is 0 Å². The number of carbonyl (C=O) groups excluding carboxylic acids is 1. The van der Waals surface area contributed by atoms with Gasteiger partial charge in [-0.15, -0.1) is 0 Å². The standard InChI is InChI=1S/C16H19NO4S/c1-12(2)16(18)17-11-15(14-9-6-10-21-14)22(19,20)13-7-4-3-5-8-13/h3-10,12,15H,11H2,1-2H3,(H,17,18)/t15-/m0/s1. The lowest BCUT2D eigenvalue weighted by atomic mass is 10.2. The van der Waals surface area contributed by atoms with Crippen LogP contribution in [0.25, 0.3) is 0 Å². The Labute approximate surface area is 130 Å². The van der Waals surface area contributed by atoms with Gasteiger partial charge in [-0.3, -0.25) is 4.79 Å². The van der Waals surface area contributed by atoms with Crippen molar-refractivity contribution < 1.29 is 17.6 Å². The van der Waals surface area contributed by atoms with E-state index in [0.717, 1.165) is 0 Å². The minimum atomic E-state index is -3.65. The molecule has 22 heavy (non-hydrogen) atoms. The number of carbonyl (C=O) groups is 1. The summed E-state index contributed by atoms with van der Waals surface area (Å²) in [4.78, 5) is 11.9. The van der Waals surface area contributed by atoms with Crippen molar-refractivity contribution >= 4 is 15.7 Å². The monoisotopic (exact) mass is 321 g/mol. The Kier molecular flexibility index (Phi) is 5.03. The van der Waals surface area contributed by atoms with Crippen LogP contribution in [0.4, 0.5) is 0 Å². The molecule has 1 aromatic carbocycles. The highest BCUT2D eigenvalue weighted by molar-refractivity contribution is 7.91. The zero-order chi connectivity index (χ0) is 16.2. The van der Waals surface area contributed by atoms with Crippen molar-refractivity contribution in [2.24, 2.45) is 5.92 Å². The molecule has 118 valence electrons. The maximum atomic E-state index is 12.8. The average Bonchev–Trinajstić information content (AvgIpc) is 3.01. The summed E-state index contributed by atoms with van der Waals surface area (Å²) in [6.07, 6.45) is 1.42. The highest BCUT2D eigenvalue weighted by Gasteiger charge is 2.31. The van der Waals surface area contributed by atoms with E-state index in [2.05, 4.69) is 5.32 Å². The third-order valence-corrected chi connectivity index (χ3v) is 5.37. The van der Waals surface area contributed by atoms with E-state index >= 15 is 0 Å². The Hall–Kier alpha value is -2.08. The predicted octanol–water partition coefficient (Wildman–Crippen LogP) is 2.57. The van der Waals surface area contributed by atoms with Crippen LogP contribution >= 0.6 is 0 Å². The van der Waals surface area contributed by atoms with Crippen LogP contribution in [0.15, 0.2) is 58.0 Å². The van der Waals surface area contributed by atoms with E-state index in [9.17, 15) is 13.2 Å². The molecule has 0 radical (unpaired) electrons. The Morgan fingerprint density at radius 3 is 2.36 bits per heavy atom. The third-order valence-electron chi connectivity index (χ3n) is 3.29. The van der Waals surface area contributed by atoms with Crippen LogP contribution in [0.1, 0.15) is 24.9 Å². The summed E-state index contributed by atoms with van der Waals surface area (Å²) in [5.41, 5.74) is 0. The van der Waals surface area contributed by atoms with Gasteiger partial charge in [-0.05, 0) is 24.3 Å². The molecule has 1 N–H and O–H groups in total. The highest BCUT2D eigenvalue weighted by atomic mass is 32.2. The first kappa shape index (κ1) is 16.3. The largest absolute Gasteiger partial charge is 0.468 e.